The molecule has 2 N–H and O–H groups in total. The van der Waals surface area contributed by atoms with Gasteiger partial charge in [-0.15, -0.1) is 0 Å². The molecule has 0 spiro atoms. The van der Waals surface area contributed by atoms with E-state index in [1.807, 2.05) is 20.8 Å². The van der Waals surface area contributed by atoms with E-state index in [4.69, 9.17) is 10.5 Å². The average molecular weight is 399 g/mol. The Balaban J connectivity index is 1.35. The number of aromatic nitrogens is 2. The Hall–Kier alpha value is -1.90. The van der Waals surface area contributed by atoms with Crippen LogP contribution in [0.1, 0.15) is 58.2 Å². The van der Waals surface area contributed by atoms with E-state index in [0.717, 1.165) is 52.0 Å². The molecule has 2 aliphatic rings. The fraction of sp³-hybridized carbons (Fsp3) is 0.789. The molecule has 0 unspecified atom stereocenters. The van der Waals surface area contributed by atoms with Gasteiger partial charge in [0.1, 0.15) is 5.60 Å². The second-order valence-electron chi connectivity index (χ2n) is 8.86. The summed E-state index contributed by atoms with van der Waals surface area (Å²) in [4.78, 5) is 16.2. The van der Waals surface area contributed by atoms with Gasteiger partial charge >= 0.3 is 6.09 Å². The highest BCUT2D eigenvalue weighted by Gasteiger charge is 2.32. The van der Waals surface area contributed by atoms with Gasteiger partial charge in [0.2, 0.25) is 0 Å². The summed E-state index contributed by atoms with van der Waals surface area (Å²) in [5.74, 6) is 0.600. The van der Waals surface area contributed by atoms with Crippen LogP contribution in [0.3, 0.4) is 0 Å². The number of piperidine rings is 1. The normalized spacial score (nSPS) is 19.9. The van der Waals surface area contributed by atoms with Gasteiger partial charge in [-0.2, -0.15) is 5.10 Å². The summed E-state index contributed by atoms with van der Waals surface area (Å²) in [5.41, 5.74) is 4.88. The number of anilines is 1. The number of likely N-dealkylation sites (tertiary alicyclic amines) is 2. The summed E-state index contributed by atoms with van der Waals surface area (Å²) in [6.07, 6.45) is 1.71. The third kappa shape index (κ3) is 5.12. The molecule has 2 fully saturated rings. The molecule has 158 valence electrons. The second-order valence-corrected chi connectivity index (χ2v) is 8.86. The van der Waals surface area contributed by atoms with E-state index in [1.165, 1.54) is 6.20 Å². The van der Waals surface area contributed by atoms with Gasteiger partial charge in [-0.3, -0.25) is 9.58 Å². The molecule has 0 aliphatic carbocycles. The Bertz CT molecular complexity index is 674. The zero-order chi connectivity index (χ0) is 20.5. The molecule has 28 heavy (non-hydrogen) atoms. The zero-order valence-electron chi connectivity index (χ0n) is 16.9. The summed E-state index contributed by atoms with van der Waals surface area (Å²) in [6, 6.07) is 0.115. The largest absolute Gasteiger partial charge is 0.444 e. The monoisotopic (exact) mass is 399 g/mol. The van der Waals surface area contributed by atoms with Gasteiger partial charge < -0.3 is 15.4 Å². The minimum Gasteiger partial charge on any atom is -0.444 e. The summed E-state index contributed by atoms with van der Waals surface area (Å²) in [6.45, 7) is 9.71. The summed E-state index contributed by atoms with van der Waals surface area (Å²) in [7, 11) is 0. The van der Waals surface area contributed by atoms with Gasteiger partial charge in [-0.1, -0.05) is 0 Å². The molecule has 2 aliphatic heterocycles. The molecular formula is C19H31F2N5O2. The Morgan fingerprint density at radius 2 is 1.96 bits per heavy atom. The van der Waals surface area contributed by atoms with E-state index in [1.54, 1.807) is 9.58 Å². The van der Waals surface area contributed by atoms with Crippen molar-refractivity contribution >= 4 is 11.8 Å². The Morgan fingerprint density at radius 1 is 1.32 bits per heavy atom. The lowest BCUT2D eigenvalue weighted by atomic mass is 9.93. The van der Waals surface area contributed by atoms with Crippen LogP contribution in [-0.2, 0) is 4.74 Å². The minimum atomic E-state index is -2.64. The van der Waals surface area contributed by atoms with Crippen molar-refractivity contribution in [3.8, 4) is 0 Å². The van der Waals surface area contributed by atoms with Crippen LogP contribution in [0, 0.1) is 5.92 Å². The first kappa shape index (κ1) is 20.8. The smallest absolute Gasteiger partial charge is 0.410 e. The van der Waals surface area contributed by atoms with Crippen LogP contribution in [0.2, 0.25) is 0 Å². The lowest BCUT2D eigenvalue weighted by Gasteiger charge is -2.40. The molecule has 0 bridgehead atoms. The number of nitrogens with two attached hydrogens (primary N) is 1. The third-order valence-electron chi connectivity index (χ3n) is 5.43. The number of hydrogen-bond donors (Lipinski definition) is 1. The van der Waals surface area contributed by atoms with E-state index >= 15 is 0 Å². The number of carbonyl (C=O) groups is 1. The maximum absolute atomic E-state index is 12.8. The van der Waals surface area contributed by atoms with Crippen molar-refractivity contribution in [3.63, 3.8) is 0 Å². The average Bonchev–Trinajstić information content (AvgIpc) is 2.94. The lowest BCUT2D eigenvalue weighted by Crippen LogP contribution is -2.48. The molecular weight excluding hydrogens is 368 g/mol. The van der Waals surface area contributed by atoms with Crippen LogP contribution >= 0.6 is 0 Å². The fourth-order valence-electron chi connectivity index (χ4n) is 3.76. The minimum absolute atomic E-state index is 0.0604. The van der Waals surface area contributed by atoms with E-state index in [9.17, 15) is 13.6 Å². The van der Waals surface area contributed by atoms with Gasteiger partial charge in [0.25, 0.3) is 6.43 Å². The molecule has 0 radical (unpaired) electrons. The third-order valence-corrected chi connectivity index (χ3v) is 5.43. The van der Waals surface area contributed by atoms with Gasteiger partial charge in [-0.05, 0) is 52.5 Å². The zero-order valence-corrected chi connectivity index (χ0v) is 16.9. The van der Waals surface area contributed by atoms with Crippen LogP contribution in [0.5, 0.6) is 0 Å². The first-order valence-electron chi connectivity index (χ1n) is 9.95. The molecule has 3 heterocycles. The van der Waals surface area contributed by atoms with Crippen LogP contribution in [0.25, 0.3) is 0 Å². The highest BCUT2D eigenvalue weighted by molar-refractivity contribution is 5.68. The SMILES string of the molecule is CC(C)(C)OC(=O)N1CCC(CCN2CC(n3cc(N)c(C(F)F)n3)C2)CC1. The van der Waals surface area contributed by atoms with Gasteiger partial charge in [0.15, 0.2) is 5.69 Å². The molecule has 0 saturated carbocycles. The van der Waals surface area contributed by atoms with Crippen molar-refractivity contribution in [2.45, 2.75) is 58.1 Å². The standard InChI is InChI=1S/C19H31F2N5O2/c1-19(2,3)28-18(27)25-8-5-13(6-9-25)4-7-24-10-14(11-24)26-12-15(22)16(23-26)17(20)21/h12-14,17H,4-11,22H2,1-3H3. The van der Waals surface area contributed by atoms with Crippen molar-refractivity contribution < 1.29 is 18.3 Å². The lowest BCUT2D eigenvalue weighted by molar-refractivity contribution is 0.0169. The quantitative estimate of drug-likeness (QED) is 0.822. The number of rotatable bonds is 5. The summed E-state index contributed by atoms with van der Waals surface area (Å²) in [5, 5.41) is 3.93. The molecule has 0 atom stereocenters. The number of nitrogen functional groups attached to an aromatic ring is 1. The highest BCUT2D eigenvalue weighted by Crippen LogP contribution is 2.29. The van der Waals surface area contributed by atoms with E-state index in [-0.39, 0.29) is 23.5 Å². The number of ether oxygens (including phenoxy) is 1. The molecule has 3 rings (SSSR count). The highest BCUT2D eigenvalue weighted by atomic mass is 19.3. The maximum Gasteiger partial charge on any atom is 0.410 e. The van der Waals surface area contributed by atoms with Gasteiger partial charge in [-0.25, -0.2) is 13.6 Å². The first-order chi connectivity index (χ1) is 13.1. The second kappa shape index (κ2) is 8.23. The predicted molar refractivity (Wildman–Crippen MR) is 102 cm³/mol. The molecule has 2 saturated heterocycles. The van der Waals surface area contributed by atoms with Crippen molar-refractivity contribution in [2.75, 3.05) is 38.5 Å². The van der Waals surface area contributed by atoms with Crippen molar-refractivity contribution in [3.05, 3.63) is 11.9 Å². The fourth-order valence-corrected chi connectivity index (χ4v) is 3.76. The number of alkyl halides is 2. The molecule has 1 amide bonds. The van der Waals surface area contributed by atoms with E-state index < -0.39 is 12.0 Å². The molecule has 1 aromatic rings. The molecule has 7 nitrogen and oxygen atoms in total. The molecule has 1 aromatic heterocycles. The van der Waals surface area contributed by atoms with Gasteiger partial charge in [0, 0.05) is 32.4 Å². The summed E-state index contributed by atoms with van der Waals surface area (Å²) < 4.78 is 32.6. The number of hydrogen-bond acceptors (Lipinski definition) is 5. The van der Waals surface area contributed by atoms with E-state index in [2.05, 4.69) is 10.00 Å². The number of nitrogens with zero attached hydrogens (tertiary/aromatic N) is 4. The topological polar surface area (TPSA) is 76.6 Å². The van der Waals surface area contributed by atoms with Crippen molar-refractivity contribution in [1.29, 1.82) is 0 Å². The summed E-state index contributed by atoms with van der Waals surface area (Å²) >= 11 is 0. The number of amides is 1. The predicted octanol–water partition coefficient (Wildman–Crippen LogP) is 3.30. The van der Waals surface area contributed by atoms with Crippen LogP contribution in [0.15, 0.2) is 6.20 Å². The Morgan fingerprint density at radius 3 is 2.50 bits per heavy atom. The maximum atomic E-state index is 12.8. The van der Waals surface area contributed by atoms with E-state index in [0.29, 0.717) is 5.92 Å². The number of carbonyl (C=O) groups excluding carboxylic acids is 1. The Labute approximate surface area is 164 Å². The van der Waals surface area contributed by atoms with Gasteiger partial charge in [0.05, 0.1) is 11.7 Å². The Kier molecular flexibility index (Phi) is 6.12. The van der Waals surface area contributed by atoms with Crippen LogP contribution < -0.4 is 5.73 Å². The van der Waals surface area contributed by atoms with Crippen LogP contribution in [-0.4, -0.2) is 64.0 Å². The van der Waals surface area contributed by atoms with Crippen molar-refractivity contribution in [1.82, 2.24) is 19.6 Å². The molecule has 9 heteroatoms. The number of halogens is 2. The molecule has 0 aromatic carbocycles. The first-order valence-corrected chi connectivity index (χ1v) is 9.95. The van der Waals surface area contributed by atoms with Crippen molar-refractivity contribution in [2.24, 2.45) is 5.92 Å². The van der Waals surface area contributed by atoms with Crippen LogP contribution in [0.4, 0.5) is 19.3 Å².